The number of carbonyl (C=O) groups excluding carboxylic acids is 1. The van der Waals surface area contributed by atoms with Gasteiger partial charge in [0.05, 0.1) is 17.5 Å². The Hall–Kier alpha value is -2.92. The Morgan fingerprint density at radius 3 is 2.53 bits per heavy atom. The zero-order valence-electron chi connectivity index (χ0n) is 17.6. The van der Waals surface area contributed by atoms with Gasteiger partial charge in [0.1, 0.15) is 19.0 Å². The first-order valence-electron chi connectivity index (χ1n) is 9.91. The molecule has 0 saturated heterocycles. The van der Waals surface area contributed by atoms with Crippen molar-refractivity contribution >= 4 is 15.9 Å². The highest BCUT2D eigenvalue weighted by Gasteiger charge is 2.27. The molecule has 1 heterocycles. The van der Waals surface area contributed by atoms with Crippen molar-refractivity contribution in [1.82, 2.24) is 9.62 Å². The van der Waals surface area contributed by atoms with Crippen molar-refractivity contribution in [3.8, 4) is 17.2 Å². The average Bonchev–Trinajstić information content (AvgIpc) is 2.77. The van der Waals surface area contributed by atoms with Crippen LogP contribution in [0.5, 0.6) is 17.2 Å². The second kappa shape index (κ2) is 10.1. The summed E-state index contributed by atoms with van der Waals surface area (Å²) in [5.41, 5.74) is 0.376. The SMILES string of the molecule is CCC(NC(=O)CN(C)S(=O)(=O)c1ccc2c(c1)OCCO2)c1ccccc1OC(F)F. The monoisotopic (exact) mass is 470 g/mol. The molecule has 0 spiro atoms. The molecule has 2 aromatic rings. The number of amides is 1. The molecule has 3 rings (SSSR count). The molecule has 0 fully saturated rings. The van der Waals surface area contributed by atoms with Crippen LogP contribution in [0.25, 0.3) is 0 Å². The number of alkyl halides is 2. The largest absolute Gasteiger partial charge is 0.486 e. The van der Waals surface area contributed by atoms with E-state index >= 15 is 0 Å². The fraction of sp³-hybridized carbons (Fsp3) is 0.381. The highest BCUT2D eigenvalue weighted by atomic mass is 32.2. The van der Waals surface area contributed by atoms with Crippen molar-refractivity contribution in [2.45, 2.75) is 30.9 Å². The van der Waals surface area contributed by atoms with Gasteiger partial charge in [-0.3, -0.25) is 4.79 Å². The van der Waals surface area contributed by atoms with Gasteiger partial charge < -0.3 is 19.5 Å². The maximum absolute atomic E-state index is 12.9. The molecule has 32 heavy (non-hydrogen) atoms. The minimum atomic E-state index is -3.99. The molecule has 1 aliphatic heterocycles. The molecule has 2 aromatic carbocycles. The predicted molar refractivity (Wildman–Crippen MR) is 111 cm³/mol. The summed E-state index contributed by atoms with van der Waals surface area (Å²) >= 11 is 0. The maximum atomic E-state index is 12.9. The second-order valence-electron chi connectivity index (χ2n) is 7.01. The van der Waals surface area contributed by atoms with Crippen LogP contribution in [0.3, 0.4) is 0 Å². The molecule has 1 aliphatic rings. The third kappa shape index (κ3) is 5.46. The number of rotatable bonds is 9. The number of carbonyl (C=O) groups is 1. The molecule has 1 N–H and O–H groups in total. The quantitative estimate of drug-likeness (QED) is 0.606. The lowest BCUT2D eigenvalue weighted by Gasteiger charge is -2.23. The van der Waals surface area contributed by atoms with Crippen molar-refractivity contribution in [3.63, 3.8) is 0 Å². The number of hydrogen-bond donors (Lipinski definition) is 1. The van der Waals surface area contributed by atoms with Gasteiger partial charge in [0.15, 0.2) is 11.5 Å². The van der Waals surface area contributed by atoms with E-state index in [9.17, 15) is 22.0 Å². The van der Waals surface area contributed by atoms with E-state index in [4.69, 9.17) is 9.47 Å². The Balaban J connectivity index is 1.71. The summed E-state index contributed by atoms with van der Waals surface area (Å²) in [7, 11) is -2.71. The molecular formula is C21H24F2N2O6S. The number of ether oxygens (including phenoxy) is 3. The fourth-order valence-electron chi connectivity index (χ4n) is 3.26. The van der Waals surface area contributed by atoms with Crippen LogP contribution in [0.15, 0.2) is 47.4 Å². The zero-order chi connectivity index (χ0) is 23.3. The van der Waals surface area contributed by atoms with Gasteiger partial charge in [0, 0.05) is 18.7 Å². The standard InChI is InChI=1S/C21H24F2N2O6S/c1-3-16(15-6-4-5-7-17(15)31-21(22)23)24-20(26)13-25(2)32(27,28)14-8-9-18-19(12-14)30-11-10-29-18/h4-9,12,16,21H,3,10-11,13H2,1-2H3,(H,24,26). The zero-order valence-corrected chi connectivity index (χ0v) is 18.4. The third-order valence-electron chi connectivity index (χ3n) is 4.84. The molecular weight excluding hydrogens is 446 g/mol. The van der Waals surface area contributed by atoms with E-state index in [2.05, 4.69) is 10.1 Å². The van der Waals surface area contributed by atoms with Crippen molar-refractivity contribution < 1.29 is 36.2 Å². The van der Waals surface area contributed by atoms with Crippen LogP contribution in [0, 0.1) is 0 Å². The Bertz CT molecular complexity index is 1060. The number of halogens is 2. The van der Waals surface area contributed by atoms with Gasteiger partial charge >= 0.3 is 6.61 Å². The minimum Gasteiger partial charge on any atom is -0.486 e. The Morgan fingerprint density at radius 1 is 1.16 bits per heavy atom. The molecule has 0 aromatic heterocycles. The van der Waals surface area contributed by atoms with E-state index < -0.39 is 35.1 Å². The van der Waals surface area contributed by atoms with Crippen LogP contribution in [-0.4, -0.2) is 52.0 Å². The second-order valence-corrected chi connectivity index (χ2v) is 9.06. The molecule has 8 nitrogen and oxygen atoms in total. The molecule has 1 unspecified atom stereocenters. The maximum Gasteiger partial charge on any atom is 0.387 e. The number of fused-ring (bicyclic) bond motifs is 1. The van der Waals surface area contributed by atoms with Gasteiger partial charge in [0.2, 0.25) is 15.9 Å². The van der Waals surface area contributed by atoms with E-state index in [0.29, 0.717) is 36.7 Å². The normalized spacial score (nSPS) is 14.3. The summed E-state index contributed by atoms with van der Waals surface area (Å²) in [6, 6.07) is 9.74. The van der Waals surface area contributed by atoms with Crippen molar-refractivity contribution in [3.05, 3.63) is 48.0 Å². The van der Waals surface area contributed by atoms with Crippen LogP contribution >= 0.6 is 0 Å². The number of hydrogen-bond acceptors (Lipinski definition) is 6. The summed E-state index contributed by atoms with van der Waals surface area (Å²) in [6.45, 7) is -1.02. The highest BCUT2D eigenvalue weighted by molar-refractivity contribution is 7.89. The summed E-state index contributed by atoms with van der Waals surface area (Å²) < 4.78 is 67.5. The number of likely N-dealkylation sites (N-methyl/N-ethyl adjacent to an activating group) is 1. The first kappa shape index (κ1) is 23.7. The first-order chi connectivity index (χ1) is 15.2. The van der Waals surface area contributed by atoms with Crippen molar-refractivity contribution in [2.24, 2.45) is 0 Å². The van der Waals surface area contributed by atoms with Crippen LogP contribution in [-0.2, 0) is 14.8 Å². The lowest BCUT2D eigenvalue weighted by atomic mass is 10.0. The summed E-state index contributed by atoms with van der Waals surface area (Å²) in [4.78, 5) is 12.5. The van der Waals surface area contributed by atoms with Crippen molar-refractivity contribution in [1.29, 1.82) is 0 Å². The molecule has 0 bridgehead atoms. The van der Waals surface area contributed by atoms with Gasteiger partial charge in [-0.25, -0.2) is 8.42 Å². The summed E-state index contributed by atoms with van der Waals surface area (Å²) in [5, 5.41) is 2.69. The molecule has 174 valence electrons. The lowest BCUT2D eigenvalue weighted by molar-refractivity contribution is -0.121. The minimum absolute atomic E-state index is 0.0419. The van der Waals surface area contributed by atoms with E-state index in [1.54, 1.807) is 25.1 Å². The topological polar surface area (TPSA) is 94.2 Å². The molecule has 11 heteroatoms. The van der Waals surface area contributed by atoms with Gasteiger partial charge in [-0.1, -0.05) is 25.1 Å². The molecule has 0 radical (unpaired) electrons. The van der Waals surface area contributed by atoms with E-state index in [1.165, 1.54) is 31.3 Å². The number of nitrogens with zero attached hydrogens (tertiary/aromatic N) is 1. The Labute approximate surface area is 185 Å². The number of para-hydroxylation sites is 1. The highest BCUT2D eigenvalue weighted by Crippen LogP contribution is 2.33. The smallest absolute Gasteiger partial charge is 0.387 e. The number of nitrogens with one attached hydrogen (secondary N) is 1. The van der Waals surface area contributed by atoms with E-state index in [0.717, 1.165) is 4.31 Å². The van der Waals surface area contributed by atoms with Crippen LogP contribution < -0.4 is 19.5 Å². The Morgan fingerprint density at radius 2 is 1.84 bits per heavy atom. The first-order valence-corrected chi connectivity index (χ1v) is 11.4. The van der Waals surface area contributed by atoms with Crippen molar-refractivity contribution in [2.75, 3.05) is 26.8 Å². The third-order valence-corrected chi connectivity index (χ3v) is 6.64. The summed E-state index contributed by atoms with van der Waals surface area (Å²) in [6.07, 6.45) is 0.383. The Kier molecular flexibility index (Phi) is 7.52. The summed E-state index contributed by atoms with van der Waals surface area (Å²) in [5.74, 6) is 0.127. The number of benzene rings is 2. The molecule has 0 saturated carbocycles. The van der Waals surface area contributed by atoms with Gasteiger partial charge in [-0.05, 0) is 24.6 Å². The molecule has 0 aliphatic carbocycles. The van der Waals surface area contributed by atoms with Crippen LogP contribution in [0.2, 0.25) is 0 Å². The molecule has 1 atom stereocenters. The van der Waals surface area contributed by atoms with Gasteiger partial charge in [-0.15, -0.1) is 0 Å². The van der Waals surface area contributed by atoms with Gasteiger partial charge in [-0.2, -0.15) is 13.1 Å². The van der Waals surface area contributed by atoms with E-state index in [1.807, 2.05) is 0 Å². The van der Waals surface area contributed by atoms with E-state index in [-0.39, 0.29) is 10.6 Å². The predicted octanol–water partition coefficient (Wildman–Crippen LogP) is 2.95. The lowest BCUT2D eigenvalue weighted by Crippen LogP contribution is -2.39. The van der Waals surface area contributed by atoms with Crippen LogP contribution in [0.1, 0.15) is 24.9 Å². The molecule has 1 amide bonds. The fourth-order valence-corrected chi connectivity index (χ4v) is 4.41. The average molecular weight is 470 g/mol. The van der Waals surface area contributed by atoms with Gasteiger partial charge in [0.25, 0.3) is 0 Å². The number of sulfonamides is 1. The van der Waals surface area contributed by atoms with Crippen LogP contribution in [0.4, 0.5) is 8.78 Å².